The van der Waals surface area contributed by atoms with Crippen molar-refractivity contribution in [2.24, 2.45) is 0 Å². The number of esters is 1. The summed E-state index contributed by atoms with van der Waals surface area (Å²) in [4.78, 5) is 22.1. The molecule has 0 atom stereocenters. The molecule has 2 aromatic rings. The first-order valence-corrected chi connectivity index (χ1v) is 8.06. The lowest BCUT2D eigenvalue weighted by Gasteiger charge is -2.08. The van der Waals surface area contributed by atoms with Crippen molar-refractivity contribution in [1.29, 1.82) is 0 Å². The molecule has 0 aliphatic carbocycles. The summed E-state index contributed by atoms with van der Waals surface area (Å²) in [5.74, 6) is 0.700. The van der Waals surface area contributed by atoms with E-state index in [0.29, 0.717) is 22.4 Å². The van der Waals surface area contributed by atoms with Crippen LogP contribution in [0.2, 0.25) is 5.02 Å². The number of rotatable bonds is 5. The maximum Gasteiger partial charge on any atom is 0.357 e. The van der Waals surface area contributed by atoms with Gasteiger partial charge in [-0.2, -0.15) is 5.10 Å². The van der Waals surface area contributed by atoms with Crippen molar-refractivity contribution < 1.29 is 23.8 Å². The predicted molar refractivity (Wildman–Crippen MR) is 92.6 cm³/mol. The SMILES string of the molecule is COC(=O)c1[nH]ncc1Cl.COc1ccc(C(=O)CBr)cc1OC. The highest BCUT2D eigenvalue weighted by molar-refractivity contribution is 9.09. The molecule has 0 radical (unpaired) electrons. The maximum absolute atomic E-state index is 11.3. The van der Waals surface area contributed by atoms with Crippen molar-refractivity contribution in [2.75, 3.05) is 26.7 Å². The summed E-state index contributed by atoms with van der Waals surface area (Å²) in [6.45, 7) is 0. The van der Waals surface area contributed by atoms with E-state index in [1.54, 1.807) is 32.4 Å². The lowest BCUT2D eigenvalue weighted by Crippen LogP contribution is -2.01. The normalized spacial score (nSPS) is 9.54. The van der Waals surface area contributed by atoms with Crippen LogP contribution in [0.4, 0.5) is 0 Å². The second-order valence-corrected chi connectivity index (χ2v) is 5.18. The number of hydrogen-bond donors (Lipinski definition) is 1. The summed E-state index contributed by atoms with van der Waals surface area (Å²) >= 11 is 8.63. The second-order valence-electron chi connectivity index (χ2n) is 4.21. The fourth-order valence-electron chi connectivity index (χ4n) is 1.60. The summed E-state index contributed by atoms with van der Waals surface area (Å²) in [6.07, 6.45) is 1.34. The highest BCUT2D eigenvalue weighted by atomic mass is 79.9. The number of nitrogens with one attached hydrogen (secondary N) is 1. The summed E-state index contributed by atoms with van der Waals surface area (Å²) < 4.78 is 14.5. The van der Waals surface area contributed by atoms with Crippen LogP contribution in [0.5, 0.6) is 11.5 Å². The number of H-pyrrole nitrogens is 1. The molecule has 0 bridgehead atoms. The van der Waals surface area contributed by atoms with E-state index in [0.717, 1.165) is 0 Å². The van der Waals surface area contributed by atoms with Crippen molar-refractivity contribution in [1.82, 2.24) is 10.2 Å². The molecule has 7 nitrogen and oxygen atoms in total. The van der Waals surface area contributed by atoms with E-state index in [4.69, 9.17) is 21.1 Å². The van der Waals surface area contributed by atoms with Crippen LogP contribution in [-0.4, -0.2) is 48.6 Å². The van der Waals surface area contributed by atoms with Gasteiger partial charge in [-0.3, -0.25) is 9.89 Å². The van der Waals surface area contributed by atoms with Gasteiger partial charge in [-0.15, -0.1) is 0 Å². The van der Waals surface area contributed by atoms with Crippen molar-refractivity contribution >= 4 is 39.3 Å². The number of hydrogen-bond acceptors (Lipinski definition) is 6. The molecule has 0 amide bonds. The number of aromatic amines is 1. The van der Waals surface area contributed by atoms with Crippen molar-refractivity contribution in [2.45, 2.75) is 0 Å². The molecule has 0 unspecified atom stereocenters. The summed E-state index contributed by atoms with van der Waals surface area (Å²) in [5.41, 5.74) is 0.795. The first kappa shape index (κ1) is 20.0. The Morgan fingerprint density at radius 1 is 1.21 bits per heavy atom. The van der Waals surface area contributed by atoms with Crippen LogP contribution in [0, 0.1) is 0 Å². The zero-order valence-electron chi connectivity index (χ0n) is 13.3. The van der Waals surface area contributed by atoms with Gasteiger partial charge in [0.2, 0.25) is 0 Å². The van der Waals surface area contributed by atoms with Crippen LogP contribution in [0.1, 0.15) is 20.8 Å². The van der Waals surface area contributed by atoms with E-state index >= 15 is 0 Å². The van der Waals surface area contributed by atoms with Gasteiger partial charge < -0.3 is 14.2 Å². The number of Topliss-reactive ketones (excluding diaryl/α,β-unsaturated/α-hetero) is 1. The Kier molecular flexibility index (Phi) is 8.28. The molecule has 0 aliphatic heterocycles. The lowest BCUT2D eigenvalue weighted by atomic mass is 10.1. The molecule has 24 heavy (non-hydrogen) atoms. The Morgan fingerprint density at radius 2 is 1.88 bits per heavy atom. The fourth-order valence-corrected chi connectivity index (χ4v) is 2.10. The third-order valence-corrected chi connectivity index (χ3v) is 3.61. The maximum atomic E-state index is 11.3. The molecule has 0 saturated carbocycles. The Balaban J connectivity index is 0.000000254. The van der Waals surface area contributed by atoms with Crippen LogP contribution in [0.15, 0.2) is 24.4 Å². The molecular formula is C15H16BrClN2O5. The van der Waals surface area contributed by atoms with Crippen LogP contribution in [-0.2, 0) is 4.74 Å². The largest absolute Gasteiger partial charge is 0.493 e. The third kappa shape index (κ3) is 5.24. The zero-order valence-corrected chi connectivity index (χ0v) is 15.6. The number of ketones is 1. The number of carbonyl (C=O) groups is 2. The molecule has 1 aromatic heterocycles. The minimum Gasteiger partial charge on any atom is -0.493 e. The Hall–Kier alpha value is -2.06. The van der Waals surface area contributed by atoms with Crippen molar-refractivity contribution in [3.05, 3.63) is 40.7 Å². The molecule has 0 saturated heterocycles. The van der Waals surface area contributed by atoms with Gasteiger partial charge in [0.25, 0.3) is 0 Å². The number of benzene rings is 1. The van der Waals surface area contributed by atoms with Gasteiger partial charge in [0, 0.05) is 5.56 Å². The first-order chi connectivity index (χ1) is 11.5. The molecule has 1 N–H and O–H groups in total. The average molecular weight is 420 g/mol. The number of methoxy groups -OCH3 is 3. The molecule has 0 spiro atoms. The molecule has 130 valence electrons. The van der Waals surface area contributed by atoms with Gasteiger partial charge in [-0.1, -0.05) is 27.5 Å². The topological polar surface area (TPSA) is 90.5 Å². The standard InChI is InChI=1S/C10H11BrO3.C5H5ClN2O2/c1-13-9-4-3-7(8(12)6-11)5-10(9)14-2;1-10-5(9)4-3(6)2-7-8-4/h3-5H,6H2,1-2H3;2H,1H3,(H,7,8). The lowest BCUT2D eigenvalue weighted by molar-refractivity contribution is 0.0594. The van der Waals surface area contributed by atoms with Crippen molar-refractivity contribution in [3.8, 4) is 11.5 Å². The summed E-state index contributed by atoms with van der Waals surface area (Å²) in [7, 11) is 4.38. The van der Waals surface area contributed by atoms with Gasteiger partial charge in [-0.25, -0.2) is 4.79 Å². The minimum atomic E-state index is -0.512. The van der Waals surface area contributed by atoms with Gasteiger partial charge in [0.05, 0.1) is 37.9 Å². The van der Waals surface area contributed by atoms with Crippen LogP contribution < -0.4 is 9.47 Å². The first-order valence-electron chi connectivity index (χ1n) is 6.56. The highest BCUT2D eigenvalue weighted by Crippen LogP contribution is 2.27. The fraction of sp³-hybridized carbons (Fsp3) is 0.267. The molecule has 2 rings (SSSR count). The molecule has 1 aromatic carbocycles. The van der Waals surface area contributed by atoms with E-state index in [1.165, 1.54) is 13.3 Å². The van der Waals surface area contributed by atoms with Crippen LogP contribution >= 0.6 is 27.5 Å². The van der Waals surface area contributed by atoms with Gasteiger partial charge >= 0.3 is 5.97 Å². The quantitative estimate of drug-likeness (QED) is 0.455. The number of ether oxygens (including phenoxy) is 3. The predicted octanol–water partition coefficient (Wildman–Crippen LogP) is 3.13. The van der Waals surface area contributed by atoms with E-state index in [1.807, 2.05) is 0 Å². The van der Waals surface area contributed by atoms with E-state index in [2.05, 4.69) is 30.9 Å². The zero-order chi connectivity index (χ0) is 18.1. The van der Waals surface area contributed by atoms with Crippen molar-refractivity contribution in [3.63, 3.8) is 0 Å². The van der Waals surface area contributed by atoms with Gasteiger partial charge in [0.1, 0.15) is 0 Å². The number of alkyl halides is 1. The van der Waals surface area contributed by atoms with E-state index in [-0.39, 0.29) is 16.5 Å². The Labute approximate surface area is 152 Å². The van der Waals surface area contributed by atoms with E-state index in [9.17, 15) is 9.59 Å². The summed E-state index contributed by atoms with van der Waals surface area (Å²) in [6, 6.07) is 5.10. The Bertz CT molecular complexity index is 705. The monoisotopic (exact) mass is 418 g/mol. The average Bonchev–Trinajstić information content (AvgIpc) is 3.06. The Morgan fingerprint density at radius 3 is 2.33 bits per heavy atom. The summed E-state index contributed by atoms with van der Waals surface area (Å²) in [5, 5.41) is 6.51. The third-order valence-electron chi connectivity index (χ3n) is 2.81. The smallest absolute Gasteiger partial charge is 0.357 e. The van der Waals surface area contributed by atoms with Crippen LogP contribution in [0.3, 0.4) is 0 Å². The number of nitrogens with zero attached hydrogens (tertiary/aromatic N) is 1. The number of carbonyl (C=O) groups excluding carboxylic acids is 2. The number of halogens is 2. The molecule has 9 heteroatoms. The number of aromatic nitrogens is 2. The highest BCUT2D eigenvalue weighted by Gasteiger charge is 2.11. The minimum absolute atomic E-state index is 0.0194. The molecular weight excluding hydrogens is 404 g/mol. The molecule has 0 aliphatic rings. The van der Waals surface area contributed by atoms with Crippen LogP contribution in [0.25, 0.3) is 0 Å². The molecule has 1 heterocycles. The van der Waals surface area contributed by atoms with E-state index < -0.39 is 5.97 Å². The molecule has 0 fully saturated rings. The second kappa shape index (κ2) is 9.94. The van der Waals surface area contributed by atoms with Gasteiger partial charge in [-0.05, 0) is 18.2 Å². The van der Waals surface area contributed by atoms with Gasteiger partial charge in [0.15, 0.2) is 23.0 Å².